The van der Waals surface area contributed by atoms with Crippen LogP contribution in [0.1, 0.15) is 0 Å². The van der Waals surface area contributed by atoms with E-state index in [1.54, 1.807) is 0 Å². The summed E-state index contributed by atoms with van der Waals surface area (Å²) < 4.78 is 13.4. The fourth-order valence-electron chi connectivity index (χ4n) is 1.58. The maximum atomic E-state index is 13.4. The Morgan fingerprint density at radius 1 is 1.47 bits per heavy atom. The van der Waals surface area contributed by atoms with E-state index in [1.807, 2.05) is 0 Å². The van der Waals surface area contributed by atoms with Gasteiger partial charge >= 0.3 is 0 Å². The number of hydrogen-bond acceptors (Lipinski definition) is 5. The zero-order valence-corrected chi connectivity index (χ0v) is 8.22. The van der Waals surface area contributed by atoms with Gasteiger partial charge in [-0.3, -0.25) is 10.1 Å². The van der Waals surface area contributed by atoms with Crippen LogP contribution in [0.5, 0.6) is 0 Å². The molecule has 1 heterocycles. The second-order valence-corrected chi connectivity index (χ2v) is 3.47. The molecule has 1 fully saturated rings. The monoisotopic (exact) mass is 222 g/mol. The Morgan fingerprint density at radius 2 is 2.07 bits per heavy atom. The van der Waals surface area contributed by atoms with Crippen LogP contribution in [0, 0.1) is 0 Å². The normalized spacial score (nSPS) is 41.3. The molecule has 0 aliphatic carbocycles. The number of halogens is 1. The Balaban J connectivity index is 2.78. The molecule has 0 radical (unpaired) electrons. The molecule has 5 N–H and O–H groups in total. The molecule has 6 nitrogen and oxygen atoms in total. The Morgan fingerprint density at radius 3 is 2.53 bits per heavy atom. The first-order valence-corrected chi connectivity index (χ1v) is 4.61. The largest absolute Gasteiger partial charge is 0.395 e. The van der Waals surface area contributed by atoms with Crippen LogP contribution in [0.2, 0.25) is 0 Å². The van der Waals surface area contributed by atoms with Crippen molar-refractivity contribution in [3.8, 4) is 0 Å². The number of nitrogens with one attached hydrogen (secondary N) is 2. The van der Waals surface area contributed by atoms with Crippen molar-refractivity contribution in [2.45, 2.75) is 30.5 Å². The number of hydrogen-bond donors (Lipinski definition) is 5. The number of carbonyl (C=O) groups excluding carboxylic acids is 1. The molecule has 1 aliphatic heterocycles. The van der Waals surface area contributed by atoms with Gasteiger partial charge in [0.2, 0.25) is 5.91 Å². The third kappa shape index (κ3) is 2.25. The second-order valence-electron chi connectivity index (χ2n) is 3.47. The predicted octanol–water partition coefficient (Wildman–Crippen LogP) is -2.87. The molecule has 88 valence electrons. The average molecular weight is 222 g/mol. The van der Waals surface area contributed by atoms with Gasteiger partial charge in [0.15, 0.2) is 6.17 Å². The van der Waals surface area contributed by atoms with Crippen molar-refractivity contribution in [3.05, 3.63) is 0 Å². The summed E-state index contributed by atoms with van der Waals surface area (Å²) in [6.45, 7) is -0.488. The molecule has 0 aromatic heterocycles. The second kappa shape index (κ2) is 4.84. The van der Waals surface area contributed by atoms with E-state index in [2.05, 4.69) is 10.6 Å². The molecule has 5 atom stereocenters. The molecule has 0 spiro atoms. The molecule has 0 aromatic carbocycles. The molecule has 1 rings (SSSR count). The lowest BCUT2D eigenvalue weighted by Crippen LogP contribution is -2.68. The lowest BCUT2D eigenvalue weighted by Gasteiger charge is -2.38. The Kier molecular flexibility index (Phi) is 3.97. The van der Waals surface area contributed by atoms with Crippen LogP contribution < -0.4 is 10.6 Å². The van der Waals surface area contributed by atoms with E-state index in [-0.39, 0.29) is 0 Å². The average Bonchev–Trinajstić information content (AvgIpc) is 2.25. The first-order chi connectivity index (χ1) is 7.02. The molecule has 0 aromatic rings. The molecule has 1 saturated heterocycles. The Bertz CT molecular complexity index is 239. The highest BCUT2D eigenvalue weighted by atomic mass is 19.1. The molecule has 0 unspecified atom stereocenters. The number of rotatable bonds is 2. The first-order valence-electron chi connectivity index (χ1n) is 4.61. The lowest BCUT2D eigenvalue weighted by atomic mass is 9.91. The van der Waals surface area contributed by atoms with E-state index in [0.717, 1.165) is 0 Å². The van der Waals surface area contributed by atoms with E-state index in [1.165, 1.54) is 7.05 Å². The molecule has 7 heteroatoms. The lowest BCUT2D eigenvalue weighted by molar-refractivity contribution is -0.135. The van der Waals surface area contributed by atoms with Crippen molar-refractivity contribution in [1.29, 1.82) is 0 Å². The van der Waals surface area contributed by atoms with Gasteiger partial charge in [-0.05, 0) is 0 Å². The van der Waals surface area contributed by atoms with Gasteiger partial charge < -0.3 is 20.6 Å². The highest BCUT2D eigenvalue weighted by molar-refractivity contribution is 5.82. The third-order valence-electron chi connectivity index (χ3n) is 2.53. The summed E-state index contributed by atoms with van der Waals surface area (Å²) >= 11 is 0. The van der Waals surface area contributed by atoms with Gasteiger partial charge in [-0.1, -0.05) is 0 Å². The van der Waals surface area contributed by atoms with Gasteiger partial charge in [-0.25, -0.2) is 4.39 Å². The number of piperidine rings is 1. The Hall–Kier alpha value is -0.760. The summed E-state index contributed by atoms with van der Waals surface area (Å²) in [5, 5.41) is 32.2. The molecular formula is C8H15FN2O4. The van der Waals surface area contributed by atoms with Crippen molar-refractivity contribution >= 4 is 5.91 Å². The minimum Gasteiger partial charge on any atom is -0.395 e. The number of likely N-dealkylation sites (N-methyl/N-ethyl adjacent to an activating group) is 1. The van der Waals surface area contributed by atoms with Gasteiger partial charge in [0, 0.05) is 7.05 Å². The molecule has 0 bridgehead atoms. The Labute approximate surface area is 86.1 Å². The fraction of sp³-hybridized carbons (Fsp3) is 0.875. The van der Waals surface area contributed by atoms with Gasteiger partial charge in [0.1, 0.15) is 18.2 Å². The topological polar surface area (TPSA) is 102 Å². The SMILES string of the molecule is CNC(=O)[C@H]1N[C@H](CO)[C@@H](O)[C@H](O)[C@H]1F. The summed E-state index contributed by atoms with van der Waals surface area (Å²) in [6, 6.07) is -2.17. The van der Waals surface area contributed by atoms with E-state index < -0.39 is 43.0 Å². The number of aliphatic hydroxyl groups is 3. The number of aliphatic hydroxyl groups excluding tert-OH is 3. The van der Waals surface area contributed by atoms with Gasteiger partial charge in [0.25, 0.3) is 0 Å². The number of alkyl halides is 1. The maximum Gasteiger partial charge on any atom is 0.240 e. The van der Waals surface area contributed by atoms with Crippen LogP contribution in [0.3, 0.4) is 0 Å². The van der Waals surface area contributed by atoms with Crippen LogP contribution in [-0.4, -0.2) is 65.3 Å². The van der Waals surface area contributed by atoms with Crippen LogP contribution >= 0.6 is 0 Å². The predicted molar refractivity (Wildman–Crippen MR) is 48.8 cm³/mol. The zero-order valence-electron chi connectivity index (χ0n) is 8.22. The van der Waals surface area contributed by atoms with Crippen LogP contribution in [0.25, 0.3) is 0 Å². The van der Waals surface area contributed by atoms with E-state index in [0.29, 0.717) is 0 Å². The highest BCUT2D eigenvalue weighted by Crippen LogP contribution is 2.18. The fourth-order valence-corrected chi connectivity index (χ4v) is 1.58. The maximum absolute atomic E-state index is 13.4. The van der Waals surface area contributed by atoms with Gasteiger partial charge in [-0.15, -0.1) is 0 Å². The summed E-state index contributed by atoms with van der Waals surface area (Å²) in [6.07, 6.45) is -5.00. The highest BCUT2D eigenvalue weighted by Gasteiger charge is 2.45. The van der Waals surface area contributed by atoms with E-state index in [9.17, 15) is 19.4 Å². The summed E-state index contributed by atoms with van der Waals surface area (Å²) in [5.41, 5.74) is 0. The summed E-state index contributed by atoms with van der Waals surface area (Å²) in [7, 11) is 1.34. The quantitative estimate of drug-likeness (QED) is 0.345. The van der Waals surface area contributed by atoms with Crippen molar-refractivity contribution in [3.63, 3.8) is 0 Å². The molecule has 0 saturated carbocycles. The van der Waals surface area contributed by atoms with Crippen LogP contribution in [-0.2, 0) is 4.79 Å². The van der Waals surface area contributed by atoms with E-state index >= 15 is 0 Å². The van der Waals surface area contributed by atoms with Gasteiger partial charge in [0.05, 0.1) is 12.6 Å². The van der Waals surface area contributed by atoms with Crippen molar-refractivity contribution < 1.29 is 24.5 Å². The zero-order chi connectivity index (χ0) is 11.6. The summed E-state index contributed by atoms with van der Waals surface area (Å²) in [4.78, 5) is 11.2. The summed E-state index contributed by atoms with van der Waals surface area (Å²) in [5.74, 6) is -0.633. The molecule has 1 aliphatic rings. The number of amides is 1. The molecule has 15 heavy (non-hydrogen) atoms. The van der Waals surface area contributed by atoms with Crippen molar-refractivity contribution in [1.82, 2.24) is 10.6 Å². The van der Waals surface area contributed by atoms with Crippen molar-refractivity contribution in [2.24, 2.45) is 0 Å². The van der Waals surface area contributed by atoms with Crippen LogP contribution in [0.4, 0.5) is 4.39 Å². The van der Waals surface area contributed by atoms with E-state index in [4.69, 9.17) is 5.11 Å². The van der Waals surface area contributed by atoms with Gasteiger partial charge in [-0.2, -0.15) is 0 Å². The third-order valence-corrected chi connectivity index (χ3v) is 2.53. The van der Waals surface area contributed by atoms with Crippen LogP contribution in [0.15, 0.2) is 0 Å². The first kappa shape index (κ1) is 12.3. The minimum absolute atomic E-state index is 0.488. The smallest absolute Gasteiger partial charge is 0.240 e. The molecular weight excluding hydrogens is 207 g/mol. The van der Waals surface area contributed by atoms with Crippen molar-refractivity contribution in [2.75, 3.05) is 13.7 Å². The minimum atomic E-state index is -1.90. The molecule has 1 amide bonds. The standard InChI is InChI=1S/C8H15FN2O4/c1-10-8(15)5-4(9)7(14)6(13)3(2-12)11-5/h3-7,11-14H,2H2,1H3,(H,10,15)/t3-,4+,5+,6-,7-/m1/s1. The number of carbonyl (C=O) groups is 1.